The van der Waals surface area contributed by atoms with E-state index in [1.54, 1.807) is 31.2 Å². The van der Waals surface area contributed by atoms with Crippen LogP contribution in [0.4, 0.5) is 8.78 Å². The lowest BCUT2D eigenvalue weighted by molar-refractivity contribution is -0.160. The van der Waals surface area contributed by atoms with Crippen LogP contribution in [-0.4, -0.2) is 37.1 Å². The maximum atomic E-state index is 12.2. The molecular formula is C17H22F2O4S. The van der Waals surface area contributed by atoms with E-state index in [0.29, 0.717) is 23.3 Å². The molecule has 2 unspecified atom stereocenters. The first-order valence-corrected chi connectivity index (χ1v) is 8.86. The van der Waals surface area contributed by atoms with E-state index in [9.17, 15) is 13.6 Å². The number of carbonyl (C=O) groups excluding carboxylic acids is 1. The van der Waals surface area contributed by atoms with Crippen molar-refractivity contribution in [3.63, 3.8) is 0 Å². The predicted octanol–water partition coefficient (Wildman–Crippen LogP) is 4.02. The molecule has 0 spiro atoms. The van der Waals surface area contributed by atoms with Crippen molar-refractivity contribution in [1.29, 1.82) is 0 Å². The van der Waals surface area contributed by atoms with Crippen molar-refractivity contribution in [2.75, 3.05) is 13.2 Å². The molecule has 2 rings (SSSR count). The van der Waals surface area contributed by atoms with Crippen LogP contribution in [0, 0.1) is 0 Å². The van der Waals surface area contributed by atoms with Gasteiger partial charge < -0.3 is 14.2 Å². The first-order chi connectivity index (χ1) is 11.5. The molecule has 0 saturated carbocycles. The monoisotopic (exact) mass is 360 g/mol. The van der Waals surface area contributed by atoms with Crippen LogP contribution in [0.25, 0.3) is 0 Å². The molecule has 4 nitrogen and oxygen atoms in total. The summed E-state index contributed by atoms with van der Waals surface area (Å²) in [7, 11) is 0. The molecule has 2 atom stereocenters. The maximum absolute atomic E-state index is 12.2. The van der Waals surface area contributed by atoms with E-state index in [1.807, 2.05) is 0 Å². The van der Waals surface area contributed by atoms with E-state index >= 15 is 0 Å². The van der Waals surface area contributed by atoms with Gasteiger partial charge in [-0.1, -0.05) is 23.9 Å². The van der Waals surface area contributed by atoms with Gasteiger partial charge in [0.2, 0.25) is 0 Å². The Labute approximate surface area is 144 Å². The molecule has 1 saturated heterocycles. The molecule has 1 heterocycles. The Balaban J connectivity index is 1.69. The van der Waals surface area contributed by atoms with E-state index in [2.05, 4.69) is 0 Å². The van der Waals surface area contributed by atoms with E-state index in [0.717, 1.165) is 31.4 Å². The minimum Gasteiger partial charge on any atom is -0.459 e. The van der Waals surface area contributed by atoms with Gasteiger partial charge in [-0.05, 0) is 43.9 Å². The number of benzene rings is 1. The summed E-state index contributed by atoms with van der Waals surface area (Å²) in [5.74, 6) is -2.89. The lowest BCUT2D eigenvalue weighted by Crippen LogP contribution is -2.30. The van der Waals surface area contributed by atoms with Gasteiger partial charge in [-0.3, -0.25) is 0 Å². The predicted molar refractivity (Wildman–Crippen MR) is 87.1 cm³/mol. The molecule has 0 aromatic heterocycles. The van der Waals surface area contributed by atoms with Crippen molar-refractivity contribution in [2.45, 2.75) is 55.7 Å². The summed E-state index contributed by atoms with van der Waals surface area (Å²) in [4.78, 5) is 12.4. The second kappa shape index (κ2) is 9.96. The summed E-state index contributed by atoms with van der Waals surface area (Å²) in [6.45, 7) is 2.86. The summed E-state index contributed by atoms with van der Waals surface area (Å²) in [6, 6.07) is 6.50. The number of hydrogen-bond donors (Lipinski definition) is 0. The fourth-order valence-electron chi connectivity index (χ4n) is 2.30. The Kier molecular flexibility index (Phi) is 7.94. The fourth-order valence-corrected chi connectivity index (χ4v) is 2.80. The molecule has 134 valence electrons. The molecule has 0 radical (unpaired) electrons. The van der Waals surface area contributed by atoms with Crippen LogP contribution in [0.3, 0.4) is 0 Å². The number of ether oxygens (including phenoxy) is 3. The van der Waals surface area contributed by atoms with Gasteiger partial charge in [0.1, 0.15) is 6.61 Å². The molecule has 1 aromatic carbocycles. The Morgan fingerprint density at radius 2 is 2.08 bits per heavy atom. The molecular weight excluding hydrogens is 338 g/mol. The highest BCUT2D eigenvalue weighted by Gasteiger charge is 2.20. The van der Waals surface area contributed by atoms with Gasteiger partial charge >= 0.3 is 5.97 Å². The quantitative estimate of drug-likeness (QED) is 0.518. The normalized spacial score (nSPS) is 19.2. The molecule has 24 heavy (non-hydrogen) atoms. The number of halogens is 2. The van der Waals surface area contributed by atoms with Crippen LogP contribution in [0.1, 0.15) is 31.7 Å². The number of rotatable bonds is 8. The third-order valence-corrected chi connectivity index (χ3v) is 4.39. The van der Waals surface area contributed by atoms with Crippen LogP contribution in [0.2, 0.25) is 0 Å². The number of alkyl halides is 2. The Bertz CT molecular complexity index is 504. The first-order valence-electron chi connectivity index (χ1n) is 7.98. The van der Waals surface area contributed by atoms with Gasteiger partial charge in [-0.2, -0.15) is 8.78 Å². The van der Waals surface area contributed by atoms with Crippen molar-refractivity contribution < 1.29 is 27.8 Å². The second-order valence-electron chi connectivity index (χ2n) is 5.59. The van der Waals surface area contributed by atoms with Crippen LogP contribution in [0.5, 0.6) is 0 Å². The van der Waals surface area contributed by atoms with Crippen molar-refractivity contribution >= 4 is 17.7 Å². The second-order valence-corrected chi connectivity index (χ2v) is 6.66. The van der Waals surface area contributed by atoms with Crippen LogP contribution in [0.15, 0.2) is 29.2 Å². The van der Waals surface area contributed by atoms with E-state index < -0.39 is 17.8 Å². The van der Waals surface area contributed by atoms with Gasteiger partial charge in [0.05, 0.1) is 12.7 Å². The highest BCUT2D eigenvalue weighted by molar-refractivity contribution is 7.99. The molecule has 1 aliphatic heterocycles. The highest BCUT2D eigenvalue weighted by Crippen LogP contribution is 2.25. The van der Waals surface area contributed by atoms with Crippen LogP contribution >= 0.6 is 11.8 Å². The maximum Gasteiger partial charge on any atom is 0.335 e. The Morgan fingerprint density at radius 3 is 2.71 bits per heavy atom. The van der Waals surface area contributed by atoms with Crippen LogP contribution < -0.4 is 0 Å². The Morgan fingerprint density at radius 1 is 1.33 bits per heavy atom. The lowest BCUT2D eigenvalue weighted by atomic mass is 10.1. The summed E-state index contributed by atoms with van der Waals surface area (Å²) in [5.41, 5.74) is 0.741. The average molecular weight is 360 g/mol. The molecule has 7 heteroatoms. The topological polar surface area (TPSA) is 44.8 Å². The van der Waals surface area contributed by atoms with Crippen molar-refractivity contribution in [2.24, 2.45) is 0 Å². The van der Waals surface area contributed by atoms with Gasteiger partial charge in [0.15, 0.2) is 6.10 Å². The smallest absolute Gasteiger partial charge is 0.335 e. The molecule has 0 aliphatic carbocycles. The standard InChI is InChI=1S/C17H22F2O4S/c1-12(22-11-14-4-2-3-9-21-14)16(20)23-10-13-5-7-15(8-6-13)24-17(18)19/h5-8,12,14,17H,2-4,9-11H2,1H3. The zero-order chi connectivity index (χ0) is 17.4. The third-order valence-electron chi connectivity index (χ3n) is 3.67. The minimum atomic E-state index is -2.44. The number of carbonyl (C=O) groups is 1. The molecule has 1 aliphatic rings. The third kappa shape index (κ3) is 6.75. The van der Waals surface area contributed by atoms with E-state index in [4.69, 9.17) is 14.2 Å². The molecule has 0 amide bonds. The fraction of sp³-hybridized carbons (Fsp3) is 0.588. The number of thioether (sulfide) groups is 1. The van der Waals surface area contributed by atoms with E-state index in [1.165, 1.54) is 0 Å². The largest absolute Gasteiger partial charge is 0.459 e. The van der Waals surface area contributed by atoms with Gasteiger partial charge in [0, 0.05) is 11.5 Å². The van der Waals surface area contributed by atoms with Crippen molar-refractivity contribution in [1.82, 2.24) is 0 Å². The molecule has 0 N–H and O–H groups in total. The first kappa shape index (κ1) is 19.1. The van der Waals surface area contributed by atoms with Gasteiger partial charge in [-0.25, -0.2) is 4.79 Å². The zero-order valence-electron chi connectivity index (χ0n) is 13.6. The molecule has 1 fully saturated rings. The highest BCUT2D eigenvalue weighted by atomic mass is 32.2. The average Bonchev–Trinajstić information content (AvgIpc) is 2.59. The molecule has 0 bridgehead atoms. The Hall–Kier alpha value is -1.18. The summed E-state index contributed by atoms with van der Waals surface area (Å²) in [5, 5.41) is 0. The minimum absolute atomic E-state index is 0.0499. The van der Waals surface area contributed by atoms with E-state index in [-0.39, 0.29) is 12.7 Å². The SMILES string of the molecule is CC(OCC1CCCCO1)C(=O)OCc1ccc(SC(F)F)cc1. The summed E-state index contributed by atoms with van der Waals surface area (Å²) < 4.78 is 40.7. The number of esters is 1. The van der Waals surface area contributed by atoms with Crippen LogP contribution in [-0.2, 0) is 25.6 Å². The lowest BCUT2D eigenvalue weighted by Gasteiger charge is -2.23. The zero-order valence-corrected chi connectivity index (χ0v) is 14.4. The van der Waals surface area contributed by atoms with Gasteiger partial charge in [-0.15, -0.1) is 0 Å². The van der Waals surface area contributed by atoms with Gasteiger partial charge in [0.25, 0.3) is 5.76 Å². The summed E-state index contributed by atoms with van der Waals surface area (Å²) >= 11 is 0.484. The molecule has 1 aromatic rings. The summed E-state index contributed by atoms with van der Waals surface area (Å²) in [6.07, 6.45) is 2.53. The van der Waals surface area contributed by atoms with Crippen molar-refractivity contribution in [3.05, 3.63) is 29.8 Å². The number of hydrogen-bond acceptors (Lipinski definition) is 5. The van der Waals surface area contributed by atoms with Crippen molar-refractivity contribution in [3.8, 4) is 0 Å².